The maximum Gasteiger partial charge on any atom is 0.158 e. The molecule has 1 aliphatic heterocycles. The number of allylic oxidation sites excluding steroid dienone is 4. The fraction of sp³-hybridized carbons (Fsp3) is 0.0820. The van der Waals surface area contributed by atoms with E-state index in [0.29, 0.717) is 0 Å². The summed E-state index contributed by atoms with van der Waals surface area (Å²) in [5.41, 5.74) is 15.8. The molecule has 308 valence electrons. The molecule has 0 amide bonds. The lowest BCUT2D eigenvalue weighted by atomic mass is 9.65. The summed E-state index contributed by atoms with van der Waals surface area (Å²) in [6.07, 6.45) is 10.9. The van der Waals surface area contributed by atoms with E-state index in [1.165, 1.54) is 64.7 Å². The van der Waals surface area contributed by atoms with Gasteiger partial charge in [-0.3, -0.25) is 0 Å². The third-order valence-corrected chi connectivity index (χ3v) is 15.7. The van der Waals surface area contributed by atoms with Gasteiger partial charge >= 0.3 is 0 Å². The molecule has 4 heteroatoms. The van der Waals surface area contributed by atoms with Crippen molar-refractivity contribution in [3.8, 4) is 22.3 Å². The van der Waals surface area contributed by atoms with Crippen molar-refractivity contribution in [2.75, 3.05) is 4.90 Å². The first-order valence-corrected chi connectivity index (χ1v) is 23.4. The van der Waals surface area contributed by atoms with Crippen molar-refractivity contribution in [2.24, 2.45) is 5.92 Å². The average Bonchev–Trinajstić information content (AvgIpc) is 4.00. The Morgan fingerprint density at radius 2 is 1.09 bits per heavy atom. The molecule has 4 atom stereocenters. The lowest BCUT2D eigenvalue weighted by Crippen LogP contribution is -2.39. The van der Waals surface area contributed by atoms with Gasteiger partial charge in [0, 0.05) is 49.1 Å². The molecule has 65 heavy (non-hydrogen) atoms. The van der Waals surface area contributed by atoms with Crippen LogP contribution in [-0.2, 0) is 14.9 Å². The Kier molecular flexibility index (Phi) is 8.02. The van der Waals surface area contributed by atoms with Gasteiger partial charge in [-0.05, 0) is 122 Å². The molecular formula is C61H41NO2S. The number of fused-ring (bicyclic) bond motifs is 15. The fourth-order valence-corrected chi connectivity index (χ4v) is 13.0. The van der Waals surface area contributed by atoms with Gasteiger partial charge in [0.05, 0.1) is 5.41 Å². The third kappa shape index (κ3) is 5.41. The van der Waals surface area contributed by atoms with Crippen molar-refractivity contribution in [1.29, 1.82) is 0 Å². The van der Waals surface area contributed by atoms with Crippen LogP contribution in [0.2, 0.25) is 0 Å². The predicted molar refractivity (Wildman–Crippen MR) is 267 cm³/mol. The van der Waals surface area contributed by atoms with Crippen LogP contribution in [0.3, 0.4) is 0 Å². The van der Waals surface area contributed by atoms with Crippen molar-refractivity contribution in [3.63, 3.8) is 0 Å². The lowest BCUT2D eigenvalue weighted by molar-refractivity contribution is -0.0251. The highest BCUT2D eigenvalue weighted by molar-refractivity contribution is 7.26. The van der Waals surface area contributed by atoms with Crippen LogP contribution in [-0.4, -0.2) is 12.2 Å². The highest BCUT2D eigenvalue weighted by Crippen LogP contribution is 2.66. The summed E-state index contributed by atoms with van der Waals surface area (Å²) in [6, 6.07) is 71.0. The number of thiophene rings is 1. The number of hydrogen-bond acceptors (Lipinski definition) is 4. The molecular weight excluding hydrogens is 811 g/mol. The minimum Gasteiger partial charge on any atom is -0.479 e. The van der Waals surface area contributed by atoms with Crippen molar-refractivity contribution in [2.45, 2.75) is 23.5 Å². The predicted octanol–water partition coefficient (Wildman–Crippen LogP) is 15.4. The number of benzene rings is 8. The molecule has 2 heterocycles. The standard InChI is InChI=1S/C61H41NO2S/c1-2-15-41(16-3-1)62(43-17-12-14-40(34-43)44-22-13-23-49-48-21-7-11-27-59(48)65-60(44)49)42-31-28-38(29-32-42)39-30-33-55-56(35-39)64-58-37-54-50(36-57(58)63-55)47-20-6-10-26-53(47)61(54)51-24-8-4-18-45(51)46-19-5-9-25-52(46)61/h1-37,50,54-56H/t50?,54?,55?,56-/m1/s1. The van der Waals surface area contributed by atoms with Gasteiger partial charge in [-0.2, -0.15) is 0 Å². The highest BCUT2D eigenvalue weighted by Gasteiger charge is 2.58. The Labute approximate surface area is 382 Å². The van der Waals surface area contributed by atoms with Crippen LogP contribution in [0, 0.1) is 5.92 Å². The van der Waals surface area contributed by atoms with E-state index in [9.17, 15) is 0 Å². The Morgan fingerprint density at radius 1 is 0.462 bits per heavy atom. The molecule has 8 aromatic carbocycles. The smallest absolute Gasteiger partial charge is 0.158 e. The maximum atomic E-state index is 7.03. The molecule has 0 bridgehead atoms. The first kappa shape index (κ1) is 36.8. The molecule has 3 nitrogen and oxygen atoms in total. The summed E-state index contributed by atoms with van der Waals surface area (Å²) in [5.74, 6) is 1.98. The van der Waals surface area contributed by atoms with E-state index in [1.54, 1.807) is 0 Å². The van der Waals surface area contributed by atoms with Crippen molar-refractivity contribution >= 4 is 54.1 Å². The third-order valence-electron chi connectivity index (χ3n) is 14.5. The van der Waals surface area contributed by atoms with Crippen molar-refractivity contribution in [3.05, 3.63) is 264 Å². The maximum absolute atomic E-state index is 7.03. The number of para-hydroxylation sites is 1. The Balaban J connectivity index is 0.793. The largest absolute Gasteiger partial charge is 0.479 e. The van der Waals surface area contributed by atoms with Crippen LogP contribution in [0.25, 0.3) is 48.0 Å². The van der Waals surface area contributed by atoms with Crippen LogP contribution >= 0.6 is 11.3 Å². The summed E-state index contributed by atoms with van der Waals surface area (Å²) in [4.78, 5) is 2.35. The fourth-order valence-electron chi connectivity index (χ4n) is 11.8. The number of nitrogens with zero attached hydrogens (tertiary/aromatic N) is 1. The molecule has 0 radical (unpaired) electrons. The summed E-state index contributed by atoms with van der Waals surface area (Å²) in [5, 5.41) is 2.62. The zero-order valence-electron chi connectivity index (χ0n) is 35.3. The monoisotopic (exact) mass is 851 g/mol. The molecule has 1 aromatic heterocycles. The number of rotatable bonds is 5. The summed E-state index contributed by atoms with van der Waals surface area (Å²) in [6.45, 7) is 0. The van der Waals surface area contributed by atoms with Crippen LogP contribution in [0.1, 0.15) is 33.7 Å². The molecule has 5 aliphatic rings. The first-order valence-electron chi connectivity index (χ1n) is 22.6. The molecule has 1 saturated heterocycles. The molecule has 1 spiro atoms. The molecule has 0 saturated carbocycles. The van der Waals surface area contributed by atoms with Crippen LogP contribution in [0.5, 0.6) is 0 Å². The summed E-state index contributed by atoms with van der Waals surface area (Å²) < 4.78 is 16.5. The van der Waals surface area contributed by atoms with Gasteiger partial charge in [-0.15, -0.1) is 11.3 Å². The van der Waals surface area contributed by atoms with Crippen molar-refractivity contribution in [1.82, 2.24) is 0 Å². The summed E-state index contributed by atoms with van der Waals surface area (Å²) in [7, 11) is 0. The van der Waals surface area contributed by atoms with Crippen LogP contribution in [0.4, 0.5) is 17.1 Å². The average molecular weight is 852 g/mol. The van der Waals surface area contributed by atoms with Gasteiger partial charge in [-0.1, -0.05) is 158 Å². The molecule has 14 rings (SSSR count). The Bertz CT molecular complexity index is 3490. The van der Waals surface area contributed by atoms with Gasteiger partial charge < -0.3 is 14.4 Å². The molecule has 4 aliphatic carbocycles. The topological polar surface area (TPSA) is 21.7 Å². The van der Waals surface area contributed by atoms with E-state index in [4.69, 9.17) is 9.47 Å². The number of anilines is 3. The Hall–Kier alpha value is -7.66. The summed E-state index contributed by atoms with van der Waals surface area (Å²) >= 11 is 1.87. The van der Waals surface area contributed by atoms with E-state index in [2.05, 4.69) is 229 Å². The lowest BCUT2D eigenvalue weighted by Gasteiger charge is -2.41. The second kappa shape index (κ2) is 14.2. The molecule has 3 unspecified atom stereocenters. The quantitative estimate of drug-likeness (QED) is 0.172. The number of ether oxygens (including phenoxy) is 2. The number of hydrogen-bond donors (Lipinski definition) is 0. The molecule has 1 fully saturated rings. The van der Waals surface area contributed by atoms with Crippen LogP contribution in [0.15, 0.2) is 236 Å². The SMILES string of the molecule is C1=CC2OC3=CC4c5ccccc5C5(c6ccccc6-c6ccccc65)C4C=C3O[C@@H]2C=C1c1ccc(N(c2ccccc2)c2cccc(-c3cccc4c3sc3ccccc34)c2)cc1. The van der Waals surface area contributed by atoms with E-state index in [-0.39, 0.29) is 29.5 Å². The van der Waals surface area contributed by atoms with E-state index in [1.807, 2.05) is 11.3 Å². The zero-order chi connectivity index (χ0) is 42.6. The minimum atomic E-state index is -0.318. The van der Waals surface area contributed by atoms with Gasteiger partial charge in [0.25, 0.3) is 0 Å². The van der Waals surface area contributed by atoms with Gasteiger partial charge in [-0.25, -0.2) is 0 Å². The van der Waals surface area contributed by atoms with Gasteiger partial charge in [0.15, 0.2) is 23.7 Å². The van der Waals surface area contributed by atoms with Gasteiger partial charge in [0.1, 0.15) is 0 Å². The van der Waals surface area contributed by atoms with Gasteiger partial charge in [0.2, 0.25) is 0 Å². The molecule has 9 aromatic rings. The van der Waals surface area contributed by atoms with Crippen LogP contribution < -0.4 is 4.90 Å². The second-order valence-corrected chi connectivity index (χ2v) is 18.8. The van der Waals surface area contributed by atoms with E-state index >= 15 is 0 Å². The first-order chi connectivity index (χ1) is 32.2. The Morgan fingerprint density at radius 3 is 1.92 bits per heavy atom. The second-order valence-electron chi connectivity index (χ2n) is 17.8. The zero-order valence-corrected chi connectivity index (χ0v) is 36.2. The minimum absolute atomic E-state index is 0.136. The van der Waals surface area contributed by atoms with Crippen molar-refractivity contribution < 1.29 is 9.47 Å². The van der Waals surface area contributed by atoms with E-state index < -0.39 is 0 Å². The molecule has 0 N–H and O–H groups in total. The van der Waals surface area contributed by atoms with E-state index in [0.717, 1.165) is 39.7 Å². The normalized spacial score (nSPS) is 20.3. The highest BCUT2D eigenvalue weighted by atomic mass is 32.1.